The number of benzene rings is 2. The molecule has 0 bridgehead atoms. The zero-order valence-corrected chi connectivity index (χ0v) is 15.4. The Morgan fingerprint density at radius 3 is 2.11 bits per heavy atom. The van der Waals surface area contributed by atoms with Gasteiger partial charge >= 0.3 is 0 Å². The molecule has 1 saturated heterocycles. The number of nitrogens with zero attached hydrogens (tertiary/aromatic N) is 1. The molecule has 1 aliphatic carbocycles. The van der Waals surface area contributed by atoms with E-state index in [1.165, 1.54) is 6.07 Å². The van der Waals surface area contributed by atoms with Crippen LogP contribution in [0, 0.1) is 11.6 Å². The van der Waals surface area contributed by atoms with Gasteiger partial charge in [0.2, 0.25) is 0 Å². The van der Waals surface area contributed by atoms with Crippen molar-refractivity contribution in [3.63, 3.8) is 0 Å². The van der Waals surface area contributed by atoms with Gasteiger partial charge in [-0.1, -0.05) is 18.2 Å². The molecule has 1 aliphatic heterocycles. The fourth-order valence-corrected chi connectivity index (χ4v) is 3.95. The predicted molar refractivity (Wildman–Crippen MR) is 102 cm³/mol. The quantitative estimate of drug-likeness (QED) is 0.707. The summed E-state index contributed by atoms with van der Waals surface area (Å²) in [6.07, 6.45) is 5.98. The molecule has 0 atom stereocenters. The maximum absolute atomic E-state index is 14.4. The molecule has 27 heavy (non-hydrogen) atoms. The van der Waals surface area contributed by atoms with Crippen molar-refractivity contribution in [2.45, 2.75) is 50.7 Å². The Labute approximate surface area is 158 Å². The van der Waals surface area contributed by atoms with Gasteiger partial charge < -0.3 is 14.4 Å². The van der Waals surface area contributed by atoms with E-state index < -0.39 is 11.6 Å². The second-order valence-corrected chi connectivity index (χ2v) is 7.38. The summed E-state index contributed by atoms with van der Waals surface area (Å²) in [5, 5.41) is 0. The average molecular weight is 373 g/mol. The molecule has 4 rings (SSSR count). The highest BCUT2D eigenvalue weighted by molar-refractivity contribution is 5.53. The molecule has 144 valence electrons. The van der Waals surface area contributed by atoms with Crippen molar-refractivity contribution < 1.29 is 18.3 Å². The minimum atomic E-state index is -0.844. The number of rotatable bonds is 5. The normalized spacial score (nSPS) is 18.7. The van der Waals surface area contributed by atoms with Gasteiger partial charge in [0.25, 0.3) is 0 Å². The number of hydrogen-bond acceptors (Lipinski definition) is 3. The summed E-state index contributed by atoms with van der Waals surface area (Å²) >= 11 is 0. The third-order valence-electron chi connectivity index (χ3n) is 5.42. The molecular formula is C22H25F2NO2. The Bertz CT molecular complexity index is 754. The fourth-order valence-electron chi connectivity index (χ4n) is 3.95. The van der Waals surface area contributed by atoms with E-state index in [0.29, 0.717) is 24.5 Å². The number of halogens is 2. The van der Waals surface area contributed by atoms with Crippen molar-refractivity contribution in [2.75, 3.05) is 18.0 Å². The molecule has 5 heteroatoms. The fraction of sp³-hybridized carbons (Fsp3) is 0.455. The lowest BCUT2D eigenvalue weighted by Crippen LogP contribution is -2.38. The Kier molecular flexibility index (Phi) is 5.46. The van der Waals surface area contributed by atoms with Crippen molar-refractivity contribution in [2.24, 2.45) is 0 Å². The first-order valence-corrected chi connectivity index (χ1v) is 9.81. The lowest BCUT2D eigenvalue weighted by molar-refractivity contribution is 0.170. The molecule has 0 N–H and O–H groups in total. The molecule has 2 fully saturated rings. The smallest absolute Gasteiger partial charge is 0.182 e. The van der Waals surface area contributed by atoms with Crippen molar-refractivity contribution in [3.05, 3.63) is 54.1 Å². The molecule has 0 amide bonds. The minimum Gasteiger partial charge on any atom is -0.490 e. The number of hydrogen-bond donors (Lipinski definition) is 0. The number of para-hydroxylation sites is 1. The molecule has 2 aromatic rings. The van der Waals surface area contributed by atoms with E-state index >= 15 is 0 Å². The Morgan fingerprint density at radius 2 is 1.41 bits per heavy atom. The number of piperidine rings is 1. The number of anilines is 1. The largest absolute Gasteiger partial charge is 0.490 e. The molecule has 0 aromatic heterocycles. The minimum absolute atomic E-state index is 0.0921. The Balaban J connectivity index is 1.41. The predicted octanol–water partition coefficient (Wildman–Crippen LogP) is 5.33. The maximum Gasteiger partial charge on any atom is 0.182 e. The van der Waals surface area contributed by atoms with Gasteiger partial charge in [-0.25, -0.2) is 8.78 Å². The van der Waals surface area contributed by atoms with Crippen molar-refractivity contribution in [3.8, 4) is 11.5 Å². The van der Waals surface area contributed by atoms with Crippen molar-refractivity contribution in [1.29, 1.82) is 0 Å². The van der Waals surface area contributed by atoms with E-state index in [1.54, 1.807) is 6.07 Å². The van der Waals surface area contributed by atoms with Crippen LogP contribution < -0.4 is 14.4 Å². The van der Waals surface area contributed by atoms with E-state index in [-0.39, 0.29) is 12.2 Å². The highest BCUT2D eigenvalue weighted by Gasteiger charge is 2.25. The van der Waals surface area contributed by atoms with Gasteiger partial charge in [-0.3, -0.25) is 0 Å². The molecule has 0 radical (unpaired) electrons. The molecular weight excluding hydrogens is 348 g/mol. The Hall–Kier alpha value is -2.30. The van der Waals surface area contributed by atoms with Crippen LogP contribution >= 0.6 is 0 Å². The zero-order valence-electron chi connectivity index (χ0n) is 15.4. The Morgan fingerprint density at radius 1 is 0.778 bits per heavy atom. The standard InChI is InChI=1S/C22H25F2NO2/c23-20-14-19(27-17-8-4-5-9-17)15-21(22(20)24)25-12-10-18(11-13-25)26-16-6-2-1-3-7-16/h1-3,6-7,14-15,17-18H,4-5,8-13H2. The summed E-state index contributed by atoms with van der Waals surface area (Å²) in [6.45, 7) is 1.25. The number of ether oxygens (including phenoxy) is 2. The molecule has 2 aliphatic rings. The van der Waals surface area contributed by atoms with Gasteiger partial charge in [0, 0.05) is 38.1 Å². The van der Waals surface area contributed by atoms with Gasteiger partial charge in [0.1, 0.15) is 17.6 Å². The molecule has 0 spiro atoms. The average Bonchev–Trinajstić information content (AvgIpc) is 3.19. The van der Waals surface area contributed by atoms with E-state index in [0.717, 1.165) is 44.3 Å². The molecule has 2 aromatic carbocycles. The van der Waals surface area contributed by atoms with Crippen molar-refractivity contribution in [1.82, 2.24) is 0 Å². The third-order valence-corrected chi connectivity index (χ3v) is 5.42. The van der Waals surface area contributed by atoms with Crippen LogP contribution in [0.25, 0.3) is 0 Å². The van der Waals surface area contributed by atoms with Crippen LogP contribution in [0.3, 0.4) is 0 Å². The molecule has 3 nitrogen and oxygen atoms in total. The first-order chi connectivity index (χ1) is 13.2. The van der Waals surface area contributed by atoms with Gasteiger partial charge in [0.05, 0.1) is 11.8 Å². The van der Waals surface area contributed by atoms with Gasteiger partial charge in [-0.05, 0) is 37.8 Å². The third kappa shape index (κ3) is 4.34. The SMILES string of the molecule is Fc1cc(OC2CCCC2)cc(N2CCC(Oc3ccccc3)CC2)c1F. The maximum atomic E-state index is 14.4. The molecule has 0 unspecified atom stereocenters. The summed E-state index contributed by atoms with van der Waals surface area (Å²) in [6, 6.07) is 12.5. The topological polar surface area (TPSA) is 21.7 Å². The van der Waals surface area contributed by atoms with Crippen molar-refractivity contribution >= 4 is 5.69 Å². The lowest BCUT2D eigenvalue weighted by atomic mass is 10.1. The molecule has 1 saturated carbocycles. The van der Waals surface area contributed by atoms with Crippen LogP contribution in [0.5, 0.6) is 11.5 Å². The van der Waals surface area contributed by atoms with Gasteiger partial charge in [-0.15, -0.1) is 0 Å². The lowest BCUT2D eigenvalue weighted by Gasteiger charge is -2.34. The molecule has 1 heterocycles. The highest BCUT2D eigenvalue weighted by Crippen LogP contribution is 2.32. The van der Waals surface area contributed by atoms with E-state index in [1.807, 2.05) is 35.2 Å². The summed E-state index contributed by atoms with van der Waals surface area (Å²) in [7, 11) is 0. The van der Waals surface area contributed by atoms with E-state index in [4.69, 9.17) is 9.47 Å². The monoisotopic (exact) mass is 373 g/mol. The summed E-state index contributed by atoms with van der Waals surface area (Å²) in [4.78, 5) is 1.89. The van der Waals surface area contributed by atoms with E-state index in [9.17, 15) is 8.78 Å². The summed E-state index contributed by atoms with van der Waals surface area (Å²) < 4.78 is 40.4. The van der Waals surface area contributed by atoms with Crippen LogP contribution in [0.4, 0.5) is 14.5 Å². The van der Waals surface area contributed by atoms with E-state index in [2.05, 4.69) is 0 Å². The summed E-state index contributed by atoms with van der Waals surface area (Å²) in [5.74, 6) is -0.363. The van der Waals surface area contributed by atoms with Gasteiger partial charge in [0.15, 0.2) is 11.6 Å². The first-order valence-electron chi connectivity index (χ1n) is 9.81. The second-order valence-electron chi connectivity index (χ2n) is 7.38. The zero-order chi connectivity index (χ0) is 18.6. The van der Waals surface area contributed by atoms with Gasteiger partial charge in [-0.2, -0.15) is 0 Å². The highest BCUT2D eigenvalue weighted by atomic mass is 19.2. The second kappa shape index (κ2) is 8.15. The summed E-state index contributed by atoms with van der Waals surface area (Å²) in [5.41, 5.74) is 0.293. The van der Waals surface area contributed by atoms with Crippen LogP contribution in [-0.4, -0.2) is 25.3 Å². The van der Waals surface area contributed by atoms with Crippen LogP contribution in [0.15, 0.2) is 42.5 Å². The van der Waals surface area contributed by atoms with Crippen LogP contribution in [0.2, 0.25) is 0 Å². The van der Waals surface area contributed by atoms with Crippen LogP contribution in [0.1, 0.15) is 38.5 Å². The first kappa shape index (κ1) is 18.1. The van der Waals surface area contributed by atoms with Crippen LogP contribution in [-0.2, 0) is 0 Å².